The van der Waals surface area contributed by atoms with Gasteiger partial charge in [0.1, 0.15) is 11.6 Å². The minimum Gasteiger partial charge on any atom is -0.434 e. The van der Waals surface area contributed by atoms with Gasteiger partial charge in [0.25, 0.3) is 5.91 Å². The lowest BCUT2D eigenvalue weighted by molar-refractivity contribution is -0.0503. The summed E-state index contributed by atoms with van der Waals surface area (Å²) in [6.45, 7) is -1.50. The van der Waals surface area contributed by atoms with Crippen LogP contribution in [0.2, 0.25) is 0 Å². The van der Waals surface area contributed by atoms with Gasteiger partial charge < -0.3 is 15.2 Å². The summed E-state index contributed by atoms with van der Waals surface area (Å²) in [4.78, 5) is 12.1. The molecule has 24 heavy (non-hydrogen) atoms. The molecule has 2 aromatic carbocycles. The van der Waals surface area contributed by atoms with Gasteiger partial charge in [-0.3, -0.25) is 4.79 Å². The highest BCUT2D eigenvalue weighted by Gasteiger charge is 2.18. The van der Waals surface area contributed by atoms with Crippen molar-refractivity contribution >= 4 is 5.91 Å². The minimum atomic E-state index is -3.18. The molecule has 0 fully saturated rings. The Morgan fingerprint density at radius 3 is 2.62 bits per heavy atom. The average Bonchev–Trinajstić information content (AvgIpc) is 2.52. The van der Waals surface area contributed by atoms with Gasteiger partial charge in [-0.2, -0.15) is 8.78 Å². The van der Waals surface area contributed by atoms with E-state index in [1.54, 1.807) is 12.1 Å². The first kappa shape index (κ1) is 17.8. The van der Waals surface area contributed by atoms with E-state index in [9.17, 15) is 23.1 Å². The summed E-state index contributed by atoms with van der Waals surface area (Å²) < 4.78 is 42.0. The normalized spacial score (nSPS) is 12.1. The average molecular weight is 339 g/mol. The molecular formula is C17H16F3NO3. The van der Waals surface area contributed by atoms with Crippen molar-refractivity contribution in [3.05, 3.63) is 65.0 Å². The van der Waals surface area contributed by atoms with E-state index in [-0.39, 0.29) is 12.1 Å². The van der Waals surface area contributed by atoms with Gasteiger partial charge in [-0.1, -0.05) is 24.3 Å². The number of nitrogens with one attached hydrogen (secondary N) is 1. The van der Waals surface area contributed by atoms with E-state index in [4.69, 9.17) is 0 Å². The van der Waals surface area contributed by atoms with Gasteiger partial charge in [0.15, 0.2) is 0 Å². The molecule has 0 aliphatic carbocycles. The first-order valence-corrected chi connectivity index (χ1v) is 7.14. The second-order valence-electron chi connectivity index (χ2n) is 5.10. The number of alkyl halides is 2. The quantitative estimate of drug-likeness (QED) is 0.850. The molecule has 2 rings (SSSR count). The van der Waals surface area contributed by atoms with Crippen LogP contribution >= 0.6 is 0 Å². The van der Waals surface area contributed by atoms with Gasteiger partial charge >= 0.3 is 6.61 Å². The number of aliphatic hydroxyl groups is 1. The zero-order valence-corrected chi connectivity index (χ0v) is 12.8. The SMILES string of the molecule is Cc1ccccc1C(O)CNC(=O)c1ccc(F)cc1OC(F)F. The molecule has 2 aromatic rings. The van der Waals surface area contributed by atoms with Gasteiger partial charge in [-0.25, -0.2) is 4.39 Å². The van der Waals surface area contributed by atoms with Crippen molar-refractivity contribution in [2.24, 2.45) is 0 Å². The van der Waals surface area contributed by atoms with E-state index in [1.807, 2.05) is 19.1 Å². The second-order valence-corrected chi connectivity index (χ2v) is 5.10. The second kappa shape index (κ2) is 7.83. The third kappa shape index (κ3) is 4.48. The molecule has 0 bridgehead atoms. The van der Waals surface area contributed by atoms with Gasteiger partial charge in [-0.05, 0) is 30.2 Å². The molecular weight excluding hydrogens is 323 g/mol. The Kier molecular flexibility index (Phi) is 5.81. The number of aliphatic hydroxyl groups excluding tert-OH is 1. The van der Waals surface area contributed by atoms with Crippen molar-refractivity contribution < 1.29 is 27.8 Å². The standard InChI is InChI=1S/C17H16F3NO3/c1-10-4-2-3-5-12(10)14(22)9-21-16(23)13-7-6-11(18)8-15(13)24-17(19)20/h2-8,14,17,22H,9H2,1H3,(H,21,23). The van der Waals surface area contributed by atoms with Crippen LogP contribution < -0.4 is 10.1 Å². The highest BCUT2D eigenvalue weighted by atomic mass is 19.3. The molecule has 0 heterocycles. The first-order valence-electron chi connectivity index (χ1n) is 7.14. The van der Waals surface area contributed by atoms with Crippen molar-refractivity contribution in [2.75, 3.05) is 6.54 Å². The number of ether oxygens (including phenoxy) is 1. The van der Waals surface area contributed by atoms with Crippen LogP contribution in [-0.4, -0.2) is 24.2 Å². The van der Waals surface area contributed by atoms with E-state index >= 15 is 0 Å². The molecule has 1 atom stereocenters. The maximum absolute atomic E-state index is 13.1. The van der Waals surface area contributed by atoms with Crippen molar-refractivity contribution in [1.82, 2.24) is 5.32 Å². The van der Waals surface area contributed by atoms with Gasteiger partial charge in [0, 0.05) is 12.6 Å². The molecule has 0 saturated carbocycles. The highest BCUT2D eigenvalue weighted by Crippen LogP contribution is 2.22. The van der Waals surface area contributed by atoms with Crippen molar-refractivity contribution in [3.8, 4) is 5.75 Å². The highest BCUT2D eigenvalue weighted by molar-refractivity contribution is 5.96. The van der Waals surface area contributed by atoms with Gasteiger partial charge in [-0.15, -0.1) is 0 Å². The minimum absolute atomic E-state index is 0.130. The Balaban J connectivity index is 2.09. The number of amides is 1. The number of aryl methyl sites for hydroxylation is 1. The number of rotatable bonds is 6. The molecule has 0 aliphatic heterocycles. The smallest absolute Gasteiger partial charge is 0.387 e. The number of halogens is 3. The summed E-state index contributed by atoms with van der Waals surface area (Å²) >= 11 is 0. The van der Waals surface area contributed by atoms with E-state index in [2.05, 4.69) is 10.1 Å². The third-order valence-corrected chi connectivity index (χ3v) is 3.41. The fourth-order valence-electron chi connectivity index (χ4n) is 2.23. The van der Waals surface area contributed by atoms with Crippen molar-refractivity contribution in [3.63, 3.8) is 0 Å². The number of hydrogen-bond donors (Lipinski definition) is 2. The lowest BCUT2D eigenvalue weighted by Crippen LogP contribution is -2.29. The van der Waals surface area contributed by atoms with E-state index in [0.29, 0.717) is 11.6 Å². The predicted octanol–water partition coefficient (Wildman–Crippen LogP) is 3.20. The fraction of sp³-hybridized carbons (Fsp3) is 0.235. The van der Waals surface area contributed by atoms with E-state index in [0.717, 1.165) is 17.7 Å². The molecule has 7 heteroatoms. The lowest BCUT2D eigenvalue weighted by Gasteiger charge is -2.15. The Bertz CT molecular complexity index is 722. The summed E-state index contributed by atoms with van der Waals surface area (Å²) in [7, 11) is 0. The van der Waals surface area contributed by atoms with Gasteiger partial charge in [0.05, 0.1) is 11.7 Å². The van der Waals surface area contributed by atoms with E-state index < -0.39 is 30.2 Å². The maximum atomic E-state index is 13.1. The van der Waals surface area contributed by atoms with Crippen LogP contribution in [0.5, 0.6) is 5.75 Å². The van der Waals surface area contributed by atoms with Crippen LogP contribution in [0.1, 0.15) is 27.6 Å². The van der Waals surface area contributed by atoms with Gasteiger partial charge in [0.2, 0.25) is 0 Å². The number of carbonyl (C=O) groups is 1. The zero-order valence-electron chi connectivity index (χ0n) is 12.8. The topological polar surface area (TPSA) is 58.6 Å². The number of benzene rings is 2. The van der Waals surface area contributed by atoms with Crippen LogP contribution in [0, 0.1) is 12.7 Å². The molecule has 4 nitrogen and oxygen atoms in total. The molecule has 1 amide bonds. The molecule has 0 saturated heterocycles. The Hall–Kier alpha value is -2.54. The maximum Gasteiger partial charge on any atom is 0.387 e. The largest absolute Gasteiger partial charge is 0.434 e. The molecule has 128 valence electrons. The van der Waals surface area contributed by atoms with Crippen LogP contribution in [-0.2, 0) is 0 Å². The first-order chi connectivity index (χ1) is 11.4. The zero-order chi connectivity index (χ0) is 17.7. The summed E-state index contributed by atoms with van der Waals surface area (Å²) in [5, 5.41) is 12.6. The Labute approximate surface area is 136 Å². The molecule has 1 unspecified atom stereocenters. The molecule has 2 N–H and O–H groups in total. The molecule has 0 radical (unpaired) electrons. The Morgan fingerprint density at radius 1 is 1.25 bits per heavy atom. The van der Waals surface area contributed by atoms with Crippen LogP contribution in [0.4, 0.5) is 13.2 Å². The van der Waals surface area contributed by atoms with Crippen LogP contribution in [0.15, 0.2) is 42.5 Å². The summed E-state index contributed by atoms with van der Waals surface area (Å²) in [6.07, 6.45) is -0.963. The summed E-state index contributed by atoms with van der Waals surface area (Å²) in [6, 6.07) is 9.81. The number of hydrogen-bond acceptors (Lipinski definition) is 3. The van der Waals surface area contributed by atoms with Crippen molar-refractivity contribution in [2.45, 2.75) is 19.6 Å². The molecule has 0 aromatic heterocycles. The van der Waals surface area contributed by atoms with E-state index in [1.165, 1.54) is 0 Å². The Morgan fingerprint density at radius 2 is 1.96 bits per heavy atom. The van der Waals surface area contributed by atoms with Crippen LogP contribution in [0.25, 0.3) is 0 Å². The molecule has 0 spiro atoms. The predicted molar refractivity (Wildman–Crippen MR) is 81.5 cm³/mol. The van der Waals surface area contributed by atoms with Crippen LogP contribution in [0.3, 0.4) is 0 Å². The fourth-order valence-corrected chi connectivity index (χ4v) is 2.23. The molecule has 0 aliphatic rings. The summed E-state index contributed by atoms with van der Waals surface area (Å²) in [5.74, 6) is -2.12. The lowest BCUT2D eigenvalue weighted by atomic mass is 10.0. The van der Waals surface area contributed by atoms with Crippen molar-refractivity contribution in [1.29, 1.82) is 0 Å². The third-order valence-electron chi connectivity index (χ3n) is 3.41. The summed E-state index contributed by atoms with van der Waals surface area (Å²) in [5.41, 5.74) is 1.25. The monoisotopic (exact) mass is 339 g/mol. The number of carbonyl (C=O) groups excluding carboxylic acids is 1.